The van der Waals surface area contributed by atoms with E-state index in [-0.39, 0.29) is 0 Å². The van der Waals surface area contributed by atoms with Crippen LogP contribution in [0.4, 0.5) is 0 Å². The molecule has 0 N–H and O–H groups in total. The van der Waals surface area contributed by atoms with Crippen molar-refractivity contribution in [1.82, 2.24) is 9.80 Å². The SMILES string of the molecule is c1ccc(C2CCC(N3CCN([C@H]4C[C@H]5CC[C@H]4C5)CC3)CC2)cc1. The Bertz CT molecular complexity index is 555. The lowest BCUT2D eigenvalue weighted by Gasteiger charge is -2.45. The fourth-order valence-corrected chi connectivity index (χ4v) is 6.59. The first-order valence-electron chi connectivity index (χ1n) is 10.9. The molecule has 4 fully saturated rings. The molecule has 25 heavy (non-hydrogen) atoms. The van der Waals surface area contributed by atoms with Gasteiger partial charge in [-0.3, -0.25) is 9.80 Å². The summed E-state index contributed by atoms with van der Waals surface area (Å²) in [5, 5.41) is 0. The van der Waals surface area contributed by atoms with Crippen molar-refractivity contribution in [3.8, 4) is 0 Å². The molecular weight excluding hydrogens is 304 g/mol. The zero-order valence-electron chi connectivity index (χ0n) is 15.7. The Balaban J connectivity index is 1.11. The Kier molecular flexibility index (Phi) is 4.60. The van der Waals surface area contributed by atoms with Gasteiger partial charge in [0.25, 0.3) is 0 Å². The molecule has 5 rings (SSSR count). The fraction of sp³-hybridized carbons (Fsp3) is 0.739. The predicted octanol–water partition coefficient (Wildman–Crippen LogP) is 4.52. The lowest BCUT2D eigenvalue weighted by Crippen LogP contribution is -2.54. The van der Waals surface area contributed by atoms with Gasteiger partial charge < -0.3 is 0 Å². The molecular formula is C23H34N2. The molecule has 0 unspecified atom stereocenters. The second kappa shape index (κ2) is 7.04. The van der Waals surface area contributed by atoms with Crippen LogP contribution in [-0.2, 0) is 0 Å². The molecule has 3 aliphatic carbocycles. The van der Waals surface area contributed by atoms with E-state index in [0.29, 0.717) is 0 Å². The van der Waals surface area contributed by atoms with Crippen LogP contribution in [0.2, 0.25) is 0 Å². The minimum atomic E-state index is 0.813. The van der Waals surface area contributed by atoms with Crippen molar-refractivity contribution in [2.24, 2.45) is 11.8 Å². The summed E-state index contributed by atoms with van der Waals surface area (Å²) in [6.07, 6.45) is 11.7. The van der Waals surface area contributed by atoms with Crippen LogP contribution < -0.4 is 0 Å². The predicted molar refractivity (Wildman–Crippen MR) is 104 cm³/mol. The Hall–Kier alpha value is -0.860. The van der Waals surface area contributed by atoms with Crippen molar-refractivity contribution in [2.45, 2.75) is 69.4 Å². The molecule has 4 aliphatic rings. The minimum Gasteiger partial charge on any atom is -0.298 e. The van der Waals surface area contributed by atoms with Crippen LogP contribution in [0.3, 0.4) is 0 Å². The van der Waals surface area contributed by atoms with E-state index in [1.54, 1.807) is 12.0 Å². The first-order valence-corrected chi connectivity index (χ1v) is 10.9. The molecule has 136 valence electrons. The standard InChI is InChI=1S/C23H34N2/c1-2-4-19(5-3-1)20-8-10-22(11-9-20)24-12-14-25(15-13-24)23-17-18-6-7-21(23)16-18/h1-5,18,20-23H,6-17H2/t18-,20?,21-,22?,23-/m0/s1. The lowest BCUT2D eigenvalue weighted by atomic mass is 9.81. The van der Waals surface area contributed by atoms with Gasteiger partial charge >= 0.3 is 0 Å². The monoisotopic (exact) mass is 338 g/mol. The average molecular weight is 339 g/mol. The first-order chi connectivity index (χ1) is 12.4. The van der Waals surface area contributed by atoms with Gasteiger partial charge in [-0.05, 0) is 68.3 Å². The Labute approximate surface area is 153 Å². The summed E-state index contributed by atoms with van der Waals surface area (Å²) in [4.78, 5) is 5.71. The van der Waals surface area contributed by atoms with Gasteiger partial charge in [0.05, 0.1) is 0 Å². The number of hydrogen-bond acceptors (Lipinski definition) is 2. The summed E-state index contributed by atoms with van der Waals surface area (Å²) in [5.74, 6) is 2.95. The van der Waals surface area contributed by atoms with E-state index >= 15 is 0 Å². The highest BCUT2D eigenvalue weighted by molar-refractivity contribution is 5.20. The van der Waals surface area contributed by atoms with Gasteiger partial charge in [0.1, 0.15) is 0 Å². The third-order valence-electron chi connectivity index (χ3n) is 8.00. The molecule has 1 aromatic carbocycles. The average Bonchev–Trinajstić information content (AvgIpc) is 3.33. The fourth-order valence-electron chi connectivity index (χ4n) is 6.59. The Morgan fingerprint density at radius 3 is 2.04 bits per heavy atom. The van der Waals surface area contributed by atoms with E-state index < -0.39 is 0 Å². The molecule has 0 radical (unpaired) electrons. The minimum absolute atomic E-state index is 0.813. The van der Waals surface area contributed by atoms with E-state index in [4.69, 9.17) is 0 Å². The zero-order valence-corrected chi connectivity index (χ0v) is 15.7. The molecule has 0 amide bonds. The van der Waals surface area contributed by atoms with E-state index in [1.807, 2.05) is 0 Å². The molecule has 3 saturated carbocycles. The Morgan fingerprint density at radius 2 is 1.40 bits per heavy atom. The number of fused-ring (bicyclic) bond motifs is 2. The first kappa shape index (κ1) is 16.3. The number of rotatable bonds is 3. The lowest BCUT2D eigenvalue weighted by molar-refractivity contribution is 0.0394. The molecule has 1 aromatic rings. The molecule has 2 bridgehead atoms. The van der Waals surface area contributed by atoms with Crippen LogP contribution in [0.15, 0.2) is 30.3 Å². The summed E-state index contributed by atoms with van der Waals surface area (Å²) in [5.41, 5.74) is 1.57. The van der Waals surface area contributed by atoms with E-state index in [1.165, 1.54) is 71.1 Å². The maximum absolute atomic E-state index is 2.87. The number of nitrogens with zero attached hydrogens (tertiary/aromatic N) is 2. The molecule has 1 aliphatic heterocycles. The van der Waals surface area contributed by atoms with Crippen LogP contribution in [0, 0.1) is 11.8 Å². The van der Waals surface area contributed by atoms with Gasteiger partial charge in [0.15, 0.2) is 0 Å². The molecule has 3 atom stereocenters. The van der Waals surface area contributed by atoms with Crippen LogP contribution in [-0.4, -0.2) is 48.1 Å². The highest BCUT2D eigenvalue weighted by atomic mass is 15.3. The van der Waals surface area contributed by atoms with Crippen molar-refractivity contribution in [2.75, 3.05) is 26.2 Å². The highest BCUT2D eigenvalue weighted by Gasteiger charge is 2.43. The van der Waals surface area contributed by atoms with Crippen LogP contribution >= 0.6 is 0 Å². The van der Waals surface area contributed by atoms with Gasteiger partial charge in [-0.25, -0.2) is 0 Å². The van der Waals surface area contributed by atoms with E-state index in [9.17, 15) is 0 Å². The highest BCUT2D eigenvalue weighted by Crippen LogP contribution is 2.47. The maximum Gasteiger partial charge on any atom is 0.0127 e. The second-order valence-corrected chi connectivity index (χ2v) is 9.23. The summed E-state index contributed by atoms with van der Waals surface area (Å²) >= 11 is 0. The van der Waals surface area contributed by atoms with Crippen molar-refractivity contribution in [3.63, 3.8) is 0 Å². The van der Waals surface area contributed by atoms with Gasteiger partial charge in [-0.2, -0.15) is 0 Å². The zero-order chi connectivity index (χ0) is 16.6. The van der Waals surface area contributed by atoms with Crippen molar-refractivity contribution in [1.29, 1.82) is 0 Å². The number of piperazine rings is 1. The summed E-state index contributed by atoms with van der Waals surface area (Å²) in [6, 6.07) is 13.0. The summed E-state index contributed by atoms with van der Waals surface area (Å²) < 4.78 is 0. The third-order valence-corrected chi connectivity index (χ3v) is 8.00. The van der Waals surface area contributed by atoms with Gasteiger partial charge in [0.2, 0.25) is 0 Å². The maximum atomic E-state index is 2.87. The molecule has 1 heterocycles. The van der Waals surface area contributed by atoms with Gasteiger partial charge in [0, 0.05) is 38.3 Å². The Morgan fingerprint density at radius 1 is 0.680 bits per heavy atom. The smallest absolute Gasteiger partial charge is 0.0127 e. The molecule has 2 nitrogen and oxygen atoms in total. The molecule has 1 saturated heterocycles. The molecule has 0 aromatic heterocycles. The summed E-state index contributed by atoms with van der Waals surface area (Å²) in [6.45, 7) is 5.34. The third kappa shape index (κ3) is 3.28. The molecule has 2 heteroatoms. The van der Waals surface area contributed by atoms with E-state index in [2.05, 4.69) is 40.1 Å². The molecule has 0 spiro atoms. The van der Waals surface area contributed by atoms with Gasteiger partial charge in [-0.15, -0.1) is 0 Å². The number of hydrogen-bond donors (Lipinski definition) is 0. The van der Waals surface area contributed by atoms with Crippen LogP contribution in [0.5, 0.6) is 0 Å². The second-order valence-electron chi connectivity index (χ2n) is 9.23. The quantitative estimate of drug-likeness (QED) is 0.799. The topological polar surface area (TPSA) is 6.48 Å². The summed E-state index contributed by atoms with van der Waals surface area (Å²) in [7, 11) is 0. The number of benzene rings is 1. The van der Waals surface area contributed by atoms with Crippen LogP contribution in [0.1, 0.15) is 62.8 Å². The van der Waals surface area contributed by atoms with Crippen molar-refractivity contribution in [3.05, 3.63) is 35.9 Å². The normalized spacial score (nSPS) is 39.8. The van der Waals surface area contributed by atoms with Crippen LogP contribution in [0.25, 0.3) is 0 Å². The van der Waals surface area contributed by atoms with Crippen molar-refractivity contribution < 1.29 is 0 Å². The van der Waals surface area contributed by atoms with Gasteiger partial charge in [-0.1, -0.05) is 36.8 Å². The van der Waals surface area contributed by atoms with E-state index in [0.717, 1.165) is 29.8 Å². The largest absolute Gasteiger partial charge is 0.298 e. The van der Waals surface area contributed by atoms with Crippen molar-refractivity contribution >= 4 is 0 Å².